The number of methoxy groups -OCH3 is 1. The van der Waals surface area contributed by atoms with Gasteiger partial charge in [0.05, 0.1) is 13.5 Å². The Labute approximate surface area is 155 Å². The van der Waals surface area contributed by atoms with Gasteiger partial charge >= 0.3 is 0 Å². The van der Waals surface area contributed by atoms with E-state index in [4.69, 9.17) is 9.47 Å². The summed E-state index contributed by atoms with van der Waals surface area (Å²) in [6, 6.07) is 16.1. The third kappa shape index (κ3) is 5.25. The Hall–Kier alpha value is -2.49. The van der Waals surface area contributed by atoms with E-state index < -0.39 is 0 Å². The molecule has 3 rings (SSSR count). The smallest absolute Gasteiger partial charge is 0.224 e. The minimum Gasteiger partial charge on any atom is -0.493 e. The molecule has 26 heavy (non-hydrogen) atoms. The monoisotopic (exact) mass is 353 g/mol. The zero-order chi connectivity index (χ0) is 18.2. The first-order chi connectivity index (χ1) is 12.7. The number of rotatable bonds is 7. The van der Waals surface area contributed by atoms with E-state index in [0.29, 0.717) is 30.6 Å². The van der Waals surface area contributed by atoms with Crippen molar-refractivity contribution >= 4 is 5.91 Å². The Morgan fingerprint density at radius 1 is 1.00 bits per heavy atom. The summed E-state index contributed by atoms with van der Waals surface area (Å²) in [6.45, 7) is 0.485. The minimum absolute atomic E-state index is 0.0805. The molecule has 0 unspecified atom stereocenters. The normalized spacial score (nSPS) is 14.7. The molecule has 4 nitrogen and oxygen atoms in total. The predicted octanol–water partition coefficient (Wildman–Crippen LogP) is 4.27. The van der Waals surface area contributed by atoms with Crippen LogP contribution in [0.3, 0.4) is 0 Å². The summed E-state index contributed by atoms with van der Waals surface area (Å²) in [5.74, 6) is 1.42. The van der Waals surface area contributed by atoms with Gasteiger partial charge in [0.2, 0.25) is 5.91 Å². The Balaban J connectivity index is 1.57. The number of ether oxygens (including phenoxy) is 2. The summed E-state index contributed by atoms with van der Waals surface area (Å²) in [5, 5.41) is 3.16. The molecular formula is C22H27NO3. The summed E-state index contributed by atoms with van der Waals surface area (Å²) < 4.78 is 11.3. The summed E-state index contributed by atoms with van der Waals surface area (Å²) in [7, 11) is 1.62. The van der Waals surface area contributed by atoms with Crippen molar-refractivity contribution in [2.75, 3.05) is 7.11 Å². The molecule has 0 aliphatic heterocycles. The second-order valence-electron chi connectivity index (χ2n) is 6.84. The second-order valence-corrected chi connectivity index (χ2v) is 6.84. The Morgan fingerprint density at radius 3 is 2.50 bits per heavy atom. The molecule has 0 aromatic heterocycles. The number of carbonyl (C=O) groups excluding carboxylic acids is 1. The van der Waals surface area contributed by atoms with Crippen LogP contribution in [0.4, 0.5) is 0 Å². The fourth-order valence-electron chi connectivity index (χ4n) is 3.39. The SMILES string of the molecule is COc1cc(CC(=O)NC2CCCCC2)ccc1OCc1ccccc1. The topological polar surface area (TPSA) is 47.6 Å². The van der Waals surface area contributed by atoms with E-state index in [1.807, 2.05) is 48.5 Å². The van der Waals surface area contributed by atoms with Gasteiger partial charge in [0.1, 0.15) is 6.61 Å². The number of nitrogens with one attached hydrogen (secondary N) is 1. The highest BCUT2D eigenvalue weighted by molar-refractivity contribution is 5.79. The van der Waals surface area contributed by atoms with Crippen LogP contribution in [-0.4, -0.2) is 19.1 Å². The molecule has 1 aliphatic carbocycles. The van der Waals surface area contributed by atoms with Crippen molar-refractivity contribution in [1.82, 2.24) is 5.32 Å². The lowest BCUT2D eigenvalue weighted by molar-refractivity contribution is -0.121. The van der Waals surface area contributed by atoms with Crippen molar-refractivity contribution in [2.24, 2.45) is 0 Å². The van der Waals surface area contributed by atoms with Crippen LogP contribution in [-0.2, 0) is 17.8 Å². The maximum Gasteiger partial charge on any atom is 0.224 e. The molecule has 2 aromatic rings. The molecule has 1 amide bonds. The van der Waals surface area contributed by atoms with Crippen molar-refractivity contribution in [3.63, 3.8) is 0 Å². The summed E-state index contributed by atoms with van der Waals surface area (Å²) in [6.07, 6.45) is 6.28. The molecule has 4 heteroatoms. The molecule has 1 fully saturated rings. The third-order valence-corrected chi connectivity index (χ3v) is 4.80. The van der Waals surface area contributed by atoms with Crippen LogP contribution < -0.4 is 14.8 Å². The average molecular weight is 353 g/mol. The van der Waals surface area contributed by atoms with E-state index in [9.17, 15) is 4.79 Å². The Kier molecular flexibility index (Phi) is 6.53. The van der Waals surface area contributed by atoms with Crippen molar-refractivity contribution in [3.8, 4) is 11.5 Å². The molecule has 0 spiro atoms. The molecule has 2 aromatic carbocycles. The maximum atomic E-state index is 12.3. The first-order valence-electron chi connectivity index (χ1n) is 9.37. The lowest BCUT2D eigenvalue weighted by Gasteiger charge is -2.22. The standard InChI is InChI=1S/C22H27NO3/c1-25-21-14-18(15-22(24)23-19-10-6-3-7-11-19)12-13-20(21)26-16-17-8-4-2-5-9-17/h2,4-5,8-9,12-14,19H,3,6-7,10-11,15-16H2,1H3,(H,23,24). The summed E-state index contributed by atoms with van der Waals surface area (Å²) >= 11 is 0. The summed E-state index contributed by atoms with van der Waals surface area (Å²) in [5.41, 5.74) is 2.03. The number of hydrogen-bond acceptors (Lipinski definition) is 3. The number of hydrogen-bond donors (Lipinski definition) is 1. The highest BCUT2D eigenvalue weighted by Crippen LogP contribution is 2.29. The summed E-state index contributed by atoms with van der Waals surface area (Å²) in [4.78, 5) is 12.3. The minimum atomic E-state index is 0.0805. The first-order valence-corrected chi connectivity index (χ1v) is 9.37. The van der Waals surface area contributed by atoms with Crippen molar-refractivity contribution in [2.45, 2.75) is 51.2 Å². The molecule has 138 valence electrons. The molecule has 1 N–H and O–H groups in total. The van der Waals surface area contributed by atoms with E-state index in [1.54, 1.807) is 7.11 Å². The molecule has 1 saturated carbocycles. The maximum absolute atomic E-state index is 12.3. The van der Waals surface area contributed by atoms with Gasteiger partial charge in [-0.2, -0.15) is 0 Å². The molecular weight excluding hydrogens is 326 g/mol. The van der Waals surface area contributed by atoms with Gasteiger partial charge in [-0.05, 0) is 36.1 Å². The molecule has 0 radical (unpaired) electrons. The van der Waals surface area contributed by atoms with E-state index in [-0.39, 0.29) is 5.91 Å². The number of benzene rings is 2. The largest absolute Gasteiger partial charge is 0.493 e. The van der Waals surface area contributed by atoms with Gasteiger partial charge in [0.25, 0.3) is 0 Å². The number of carbonyl (C=O) groups is 1. The molecule has 1 aliphatic rings. The van der Waals surface area contributed by atoms with E-state index >= 15 is 0 Å². The molecule has 0 atom stereocenters. The zero-order valence-electron chi connectivity index (χ0n) is 15.4. The highest BCUT2D eigenvalue weighted by Gasteiger charge is 2.16. The molecule has 0 heterocycles. The van der Waals surface area contributed by atoms with E-state index in [0.717, 1.165) is 24.0 Å². The lowest BCUT2D eigenvalue weighted by Crippen LogP contribution is -2.37. The Morgan fingerprint density at radius 2 is 1.77 bits per heavy atom. The van der Waals surface area contributed by atoms with Crippen molar-refractivity contribution in [1.29, 1.82) is 0 Å². The van der Waals surface area contributed by atoms with Gasteiger partial charge in [-0.25, -0.2) is 0 Å². The van der Waals surface area contributed by atoms with Crippen LogP contribution in [0.5, 0.6) is 11.5 Å². The highest BCUT2D eigenvalue weighted by atomic mass is 16.5. The third-order valence-electron chi connectivity index (χ3n) is 4.80. The van der Waals surface area contributed by atoms with Crippen LogP contribution >= 0.6 is 0 Å². The van der Waals surface area contributed by atoms with Crippen molar-refractivity contribution in [3.05, 3.63) is 59.7 Å². The van der Waals surface area contributed by atoms with Crippen LogP contribution in [0.25, 0.3) is 0 Å². The van der Waals surface area contributed by atoms with Gasteiger partial charge in [-0.3, -0.25) is 4.79 Å². The van der Waals surface area contributed by atoms with Gasteiger partial charge in [0, 0.05) is 6.04 Å². The molecule has 0 saturated heterocycles. The second kappa shape index (κ2) is 9.27. The van der Waals surface area contributed by atoms with Crippen LogP contribution in [0.15, 0.2) is 48.5 Å². The average Bonchev–Trinajstić information content (AvgIpc) is 2.68. The van der Waals surface area contributed by atoms with Gasteiger partial charge in [0.15, 0.2) is 11.5 Å². The fourth-order valence-corrected chi connectivity index (χ4v) is 3.39. The Bertz CT molecular complexity index is 709. The fraction of sp³-hybridized carbons (Fsp3) is 0.409. The van der Waals surface area contributed by atoms with Crippen LogP contribution in [0, 0.1) is 0 Å². The van der Waals surface area contributed by atoms with Crippen LogP contribution in [0.2, 0.25) is 0 Å². The van der Waals surface area contributed by atoms with Gasteiger partial charge in [-0.1, -0.05) is 55.7 Å². The van der Waals surface area contributed by atoms with E-state index in [2.05, 4.69) is 5.32 Å². The van der Waals surface area contributed by atoms with Gasteiger partial charge in [-0.15, -0.1) is 0 Å². The predicted molar refractivity (Wildman–Crippen MR) is 102 cm³/mol. The van der Waals surface area contributed by atoms with E-state index in [1.165, 1.54) is 19.3 Å². The lowest BCUT2D eigenvalue weighted by atomic mass is 9.95. The first kappa shape index (κ1) is 18.3. The molecule has 0 bridgehead atoms. The number of amides is 1. The van der Waals surface area contributed by atoms with Crippen molar-refractivity contribution < 1.29 is 14.3 Å². The van der Waals surface area contributed by atoms with Gasteiger partial charge < -0.3 is 14.8 Å². The van der Waals surface area contributed by atoms with Crippen LogP contribution in [0.1, 0.15) is 43.2 Å². The zero-order valence-corrected chi connectivity index (χ0v) is 15.4. The quantitative estimate of drug-likeness (QED) is 0.809.